The smallest absolute Gasteiger partial charge is 0.154 e. The van der Waals surface area contributed by atoms with Crippen LogP contribution in [0.1, 0.15) is 36.0 Å². The van der Waals surface area contributed by atoms with Gasteiger partial charge in [0.25, 0.3) is 0 Å². The van der Waals surface area contributed by atoms with E-state index in [0.29, 0.717) is 12.5 Å². The highest BCUT2D eigenvalue weighted by molar-refractivity contribution is 6.31. The molecule has 1 aromatic carbocycles. The Balaban J connectivity index is 2.12. The van der Waals surface area contributed by atoms with E-state index in [0.717, 1.165) is 27.9 Å². The van der Waals surface area contributed by atoms with E-state index in [4.69, 9.17) is 17.3 Å². The zero-order chi connectivity index (χ0) is 12.7. The Hall–Kier alpha value is -1.39. The maximum atomic E-state index is 6.15. The molecule has 1 saturated carbocycles. The van der Waals surface area contributed by atoms with Gasteiger partial charge in [-0.05, 0) is 37.5 Å². The summed E-state index contributed by atoms with van der Waals surface area (Å²) in [5.41, 5.74) is 7.72. The predicted octanol–water partition coefficient (Wildman–Crippen LogP) is 2.57. The van der Waals surface area contributed by atoms with Crippen LogP contribution in [0.25, 0.3) is 5.69 Å². The molecule has 0 radical (unpaired) electrons. The number of rotatable bonds is 3. The standard InChI is InChI=1S/C13H15ClN4/c1-8-10(14)3-2-4-11(8)18-12(7-15)16-13(17-18)9-5-6-9/h2-4,9H,5-7,15H2,1H3. The lowest BCUT2D eigenvalue weighted by Crippen LogP contribution is -2.09. The van der Waals surface area contributed by atoms with Gasteiger partial charge in [0, 0.05) is 10.9 Å². The number of nitrogens with two attached hydrogens (primary N) is 1. The summed E-state index contributed by atoms with van der Waals surface area (Å²) in [5.74, 6) is 2.23. The molecule has 1 fully saturated rings. The van der Waals surface area contributed by atoms with Gasteiger partial charge in [-0.2, -0.15) is 5.10 Å². The van der Waals surface area contributed by atoms with Crippen molar-refractivity contribution in [3.63, 3.8) is 0 Å². The van der Waals surface area contributed by atoms with E-state index in [9.17, 15) is 0 Å². The average molecular weight is 263 g/mol. The molecule has 0 saturated heterocycles. The highest BCUT2D eigenvalue weighted by atomic mass is 35.5. The van der Waals surface area contributed by atoms with Crippen molar-refractivity contribution in [1.82, 2.24) is 14.8 Å². The van der Waals surface area contributed by atoms with E-state index >= 15 is 0 Å². The molecule has 0 bridgehead atoms. The van der Waals surface area contributed by atoms with Gasteiger partial charge in [0.2, 0.25) is 0 Å². The first-order chi connectivity index (χ1) is 8.70. The number of hydrogen-bond acceptors (Lipinski definition) is 3. The van der Waals surface area contributed by atoms with Crippen molar-refractivity contribution >= 4 is 11.6 Å². The van der Waals surface area contributed by atoms with Crippen molar-refractivity contribution in [2.75, 3.05) is 0 Å². The van der Waals surface area contributed by atoms with Crippen LogP contribution in [0.5, 0.6) is 0 Å². The molecule has 1 aliphatic rings. The molecule has 0 unspecified atom stereocenters. The fraction of sp³-hybridized carbons (Fsp3) is 0.385. The third-order valence-electron chi connectivity index (χ3n) is 3.28. The van der Waals surface area contributed by atoms with Gasteiger partial charge in [-0.15, -0.1) is 0 Å². The first-order valence-corrected chi connectivity index (χ1v) is 6.50. The Morgan fingerprint density at radius 3 is 2.89 bits per heavy atom. The SMILES string of the molecule is Cc1c(Cl)cccc1-n1nc(C2CC2)nc1CN. The summed E-state index contributed by atoms with van der Waals surface area (Å²) < 4.78 is 1.83. The van der Waals surface area contributed by atoms with Gasteiger partial charge in [-0.3, -0.25) is 0 Å². The van der Waals surface area contributed by atoms with Crippen LogP contribution in [-0.4, -0.2) is 14.8 Å². The van der Waals surface area contributed by atoms with Gasteiger partial charge in [-0.1, -0.05) is 17.7 Å². The zero-order valence-corrected chi connectivity index (χ0v) is 11.0. The molecule has 94 valence electrons. The summed E-state index contributed by atoms with van der Waals surface area (Å²) in [5, 5.41) is 5.32. The zero-order valence-electron chi connectivity index (χ0n) is 10.2. The average Bonchev–Trinajstić information content (AvgIpc) is 3.13. The van der Waals surface area contributed by atoms with Crippen LogP contribution in [0.15, 0.2) is 18.2 Å². The summed E-state index contributed by atoms with van der Waals surface area (Å²) in [6.07, 6.45) is 2.37. The molecule has 0 amide bonds. The lowest BCUT2D eigenvalue weighted by atomic mass is 10.2. The molecular weight excluding hydrogens is 248 g/mol. The second kappa shape index (κ2) is 4.37. The number of hydrogen-bond donors (Lipinski definition) is 1. The Kier molecular flexibility index (Phi) is 2.84. The highest BCUT2D eigenvalue weighted by Gasteiger charge is 2.29. The minimum atomic E-state index is 0.381. The normalized spacial score (nSPS) is 15.1. The van der Waals surface area contributed by atoms with Crippen molar-refractivity contribution in [2.24, 2.45) is 5.73 Å². The van der Waals surface area contributed by atoms with Gasteiger partial charge in [0.1, 0.15) is 5.82 Å². The lowest BCUT2D eigenvalue weighted by molar-refractivity contribution is 0.776. The Morgan fingerprint density at radius 1 is 1.44 bits per heavy atom. The van der Waals surface area contributed by atoms with Gasteiger partial charge >= 0.3 is 0 Å². The fourth-order valence-electron chi connectivity index (χ4n) is 2.03. The second-order valence-electron chi connectivity index (χ2n) is 4.66. The topological polar surface area (TPSA) is 56.7 Å². The molecule has 3 rings (SSSR count). The molecule has 2 N–H and O–H groups in total. The molecule has 18 heavy (non-hydrogen) atoms. The van der Waals surface area contributed by atoms with Crippen LogP contribution in [0.4, 0.5) is 0 Å². The van der Waals surface area contributed by atoms with Crippen LogP contribution in [-0.2, 0) is 6.54 Å². The van der Waals surface area contributed by atoms with Crippen LogP contribution in [0, 0.1) is 6.92 Å². The molecule has 5 heteroatoms. The van der Waals surface area contributed by atoms with Crippen molar-refractivity contribution in [1.29, 1.82) is 0 Å². The van der Waals surface area contributed by atoms with Gasteiger partial charge in [0.05, 0.1) is 12.2 Å². The number of halogens is 1. The minimum Gasteiger partial charge on any atom is -0.324 e. The van der Waals surface area contributed by atoms with Crippen LogP contribution >= 0.6 is 11.6 Å². The summed E-state index contributed by atoms with van der Waals surface area (Å²) >= 11 is 6.15. The van der Waals surface area contributed by atoms with Gasteiger partial charge < -0.3 is 5.73 Å². The van der Waals surface area contributed by atoms with E-state index in [1.807, 2.05) is 29.8 Å². The molecule has 2 aromatic rings. The molecule has 1 aromatic heterocycles. The molecule has 4 nitrogen and oxygen atoms in total. The molecular formula is C13H15ClN4. The van der Waals surface area contributed by atoms with E-state index in [-0.39, 0.29) is 0 Å². The first-order valence-electron chi connectivity index (χ1n) is 6.12. The summed E-state index contributed by atoms with van der Waals surface area (Å²) in [6, 6.07) is 5.79. The Bertz CT molecular complexity index is 587. The summed E-state index contributed by atoms with van der Waals surface area (Å²) in [7, 11) is 0. The second-order valence-corrected chi connectivity index (χ2v) is 5.07. The molecule has 0 aliphatic heterocycles. The lowest BCUT2D eigenvalue weighted by Gasteiger charge is -2.08. The van der Waals surface area contributed by atoms with Crippen LogP contribution < -0.4 is 5.73 Å². The number of aromatic nitrogens is 3. The summed E-state index contributed by atoms with van der Waals surface area (Å²) in [4.78, 5) is 4.52. The first kappa shape index (κ1) is 11.7. The van der Waals surface area contributed by atoms with Gasteiger partial charge in [0.15, 0.2) is 5.82 Å². The van der Waals surface area contributed by atoms with Crippen LogP contribution in [0.3, 0.4) is 0 Å². The van der Waals surface area contributed by atoms with E-state index in [1.54, 1.807) is 0 Å². The Labute approximate surface area is 111 Å². The highest BCUT2D eigenvalue weighted by Crippen LogP contribution is 2.38. The molecule has 0 spiro atoms. The molecule has 0 atom stereocenters. The third kappa shape index (κ3) is 1.91. The van der Waals surface area contributed by atoms with E-state index < -0.39 is 0 Å². The van der Waals surface area contributed by atoms with E-state index in [1.165, 1.54) is 12.8 Å². The Morgan fingerprint density at radius 2 is 2.22 bits per heavy atom. The van der Waals surface area contributed by atoms with Crippen molar-refractivity contribution < 1.29 is 0 Å². The van der Waals surface area contributed by atoms with Gasteiger partial charge in [-0.25, -0.2) is 9.67 Å². The van der Waals surface area contributed by atoms with Crippen molar-refractivity contribution in [3.8, 4) is 5.69 Å². The van der Waals surface area contributed by atoms with Crippen LogP contribution in [0.2, 0.25) is 5.02 Å². The van der Waals surface area contributed by atoms with Crippen molar-refractivity contribution in [2.45, 2.75) is 32.2 Å². The maximum Gasteiger partial charge on any atom is 0.154 e. The predicted molar refractivity (Wildman–Crippen MR) is 71.0 cm³/mol. The maximum absolute atomic E-state index is 6.15. The largest absolute Gasteiger partial charge is 0.324 e. The quantitative estimate of drug-likeness (QED) is 0.925. The fourth-order valence-corrected chi connectivity index (χ4v) is 2.20. The summed E-state index contributed by atoms with van der Waals surface area (Å²) in [6.45, 7) is 2.36. The third-order valence-corrected chi connectivity index (χ3v) is 3.69. The number of nitrogens with zero attached hydrogens (tertiary/aromatic N) is 3. The van der Waals surface area contributed by atoms with E-state index in [2.05, 4.69) is 10.1 Å². The minimum absolute atomic E-state index is 0.381. The monoisotopic (exact) mass is 262 g/mol. The molecule has 1 heterocycles. The number of benzene rings is 1. The van der Waals surface area contributed by atoms with Crippen molar-refractivity contribution in [3.05, 3.63) is 40.4 Å². The molecule has 1 aliphatic carbocycles.